The van der Waals surface area contributed by atoms with Crippen LogP contribution in [0.25, 0.3) is 0 Å². The first-order chi connectivity index (χ1) is 2.91. The minimum atomic E-state index is 0. The minimum absolute atomic E-state index is 0. The Kier molecular flexibility index (Phi) is 30.8. The summed E-state index contributed by atoms with van der Waals surface area (Å²) in [5.41, 5.74) is 0. The Labute approximate surface area is 67.3 Å². The number of unbranched alkanes of at least 4 members (excludes halogenated alkanes) is 1. The smallest absolute Gasteiger partial charge is 0.00859 e. The summed E-state index contributed by atoms with van der Waals surface area (Å²) in [6.45, 7) is 4.00. The van der Waals surface area contributed by atoms with Crippen LogP contribution in [-0.4, -0.2) is 0 Å². The molecule has 0 aromatic carbocycles. The fraction of sp³-hybridized carbons (Fsp3) is 0.714. The van der Waals surface area contributed by atoms with E-state index in [-0.39, 0.29) is 28.5 Å². The molecule has 0 aromatic rings. The van der Waals surface area contributed by atoms with Gasteiger partial charge in [0.15, 0.2) is 0 Å². The molecule has 8 heavy (non-hydrogen) atoms. The van der Waals surface area contributed by atoms with E-state index in [1.165, 1.54) is 6.42 Å². The third-order valence-corrected chi connectivity index (χ3v) is 0.552. The molecule has 0 N–H and O–H groups in total. The molecule has 48 valence electrons. The summed E-state index contributed by atoms with van der Waals surface area (Å²) in [7, 11) is 0. The Morgan fingerprint density at radius 3 is 2.00 bits per heavy atom. The van der Waals surface area contributed by atoms with Crippen molar-refractivity contribution >= 4 is 0 Å². The van der Waals surface area contributed by atoms with Crippen LogP contribution in [0.2, 0.25) is 0 Å². The third-order valence-electron chi connectivity index (χ3n) is 0.552. The molecule has 0 bridgehead atoms. The minimum Gasteiger partial charge on any atom is -0.107 e. The van der Waals surface area contributed by atoms with Gasteiger partial charge in [-0.2, -0.15) is 0 Å². The molecule has 0 radical (unpaired) electrons. The van der Waals surface area contributed by atoms with Gasteiger partial charge in [0, 0.05) is 27.5 Å². The molecule has 0 amide bonds. The predicted molar refractivity (Wildman–Crippen MR) is 35.1 cm³/mol. The molecule has 0 aliphatic heterocycles. The van der Waals surface area contributed by atoms with E-state index in [0.29, 0.717) is 0 Å². The summed E-state index contributed by atoms with van der Waals surface area (Å²) < 4.78 is 0. The van der Waals surface area contributed by atoms with E-state index in [0.717, 1.165) is 6.42 Å². The standard InChI is InChI=1S/C6H10.CH4.W/c1-3-5-6-4-2;;/h3,5H2,1-2H3;1H4;. The zero-order valence-electron chi connectivity index (χ0n) is 4.82. The first-order valence-electron chi connectivity index (χ1n) is 2.31. The van der Waals surface area contributed by atoms with Gasteiger partial charge in [-0.3, -0.25) is 0 Å². The van der Waals surface area contributed by atoms with E-state index in [4.69, 9.17) is 0 Å². The zero-order chi connectivity index (χ0) is 4.83. The van der Waals surface area contributed by atoms with E-state index < -0.39 is 0 Å². The largest absolute Gasteiger partial charge is 0.107 e. The SMILES string of the molecule is C.CC#CCCC.[W]. The first-order valence-corrected chi connectivity index (χ1v) is 2.31. The fourth-order valence-electron chi connectivity index (χ4n) is 0.250. The fourth-order valence-corrected chi connectivity index (χ4v) is 0.250. The second-order valence-electron chi connectivity index (χ2n) is 1.18. The van der Waals surface area contributed by atoms with Crippen molar-refractivity contribution < 1.29 is 21.1 Å². The summed E-state index contributed by atoms with van der Waals surface area (Å²) in [6.07, 6.45) is 2.23. The van der Waals surface area contributed by atoms with Gasteiger partial charge in [-0.25, -0.2) is 0 Å². The molecule has 0 heterocycles. The van der Waals surface area contributed by atoms with Crippen molar-refractivity contribution in [1.29, 1.82) is 0 Å². The molecular formula is C7H14W. The predicted octanol–water partition coefficient (Wildman–Crippen LogP) is 2.44. The van der Waals surface area contributed by atoms with Crippen LogP contribution in [0.4, 0.5) is 0 Å². The van der Waals surface area contributed by atoms with Crippen molar-refractivity contribution in [2.75, 3.05) is 0 Å². The maximum atomic E-state index is 2.95. The normalized spacial score (nSPS) is 4.75. The van der Waals surface area contributed by atoms with Crippen LogP contribution in [0, 0.1) is 11.8 Å². The van der Waals surface area contributed by atoms with Crippen LogP contribution in [0.3, 0.4) is 0 Å². The summed E-state index contributed by atoms with van der Waals surface area (Å²) in [6, 6.07) is 0. The Morgan fingerprint density at radius 2 is 1.88 bits per heavy atom. The van der Waals surface area contributed by atoms with Gasteiger partial charge < -0.3 is 0 Å². The van der Waals surface area contributed by atoms with E-state index >= 15 is 0 Å². The number of hydrogen-bond donors (Lipinski definition) is 0. The van der Waals surface area contributed by atoms with Gasteiger partial charge >= 0.3 is 0 Å². The average Bonchev–Trinajstić information content (AvgIpc) is 1.61. The van der Waals surface area contributed by atoms with Crippen molar-refractivity contribution in [3.8, 4) is 11.8 Å². The van der Waals surface area contributed by atoms with Crippen LogP contribution in [0.5, 0.6) is 0 Å². The maximum absolute atomic E-state index is 2.95. The van der Waals surface area contributed by atoms with E-state index in [1.54, 1.807) is 0 Å². The van der Waals surface area contributed by atoms with Crippen LogP contribution in [-0.2, 0) is 21.1 Å². The average molecular weight is 282 g/mol. The molecule has 0 aliphatic rings. The van der Waals surface area contributed by atoms with Crippen LogP contribution in [0.1, 0.15) is 34.1 Å². The van der Waals surface area contributed by atoms with Gasteiger partial charge in [0.1, 0.15) is 0 Å². The first kappa shape index (κ1) is 15.7. The number of hydrogen-bond acceptors (Lipinski definition) is 0. The van der Waals surface area contributed by atoms with E-state index in [1.807, 2.05) is 6.92 Å². The Morgan fingerprint density at radius 1 is 1.38 bits per heavy atom. The summed E-state index contributed by atoms with van der Waals surface area (Å²) >= 11 is 0. The Bertz CT molecular complexity index is 66.2. The molecule has 0 spiro atoms. The molecule has 0 aliphatic carbocycles. The van der Waals surface area contributed by atoms with Gasteiger partial charge in [-0.1, -0.05) is 14.4 Å². The molecule has 0 atom stereocenters. The second kappa shape index (κ2) is 15.7. The molecular weight excluding hydrogens is 268 g/mol. The molecule has 0 unspecified atom stereocenters. The van der Waals surface area contributed by atoms with Crippen molar-refractivity contribution in [3.05, 3.63) is 0 Å². The van der Waals surface area contributed by atoms with E-state index in [2.05, 4.69) is 18.8 Å². The van der Waals surface area contributed by atoms with Crippen molar-refractivity contribution in [3.63, 3.8) is 0 Å². The van der Waals surface area contributed by atoms with Crippen molar-refractivity contribution in [2.24, 2.45) is 0 Å². The third kappa shape index (κ3) is 16.3. The Balaban J connectivity index is -0.000000125. The van der Waals surface area contributed by atoms with Crippen LogP contribution >= 0.6 is 0 Å². The van der Waals surface area contributed by atoms with Gasteiger partial charge in [-0.15, -0.1) is 11.8 Å². The molecule has 0 saturated heterocycles. The summed E-state index contributed by atoms with van der Waals surface area (Å²) in [5, 5.41) is 0. The van der Waals surface area contributed by atoms with Crippen molar-refractivity contribution in [2.45, 2.75) is 34.1 Å². The summed E-state index contributed by atoms with van der Waals surface area (Å²) in [4.78, 5) is 0. The van der Waals surface area contributed by atoms with Gasteiger partial charge in [0.25, 0.3) is 0 Å². The maximum Gasteiger partial charge on any atom is 0.00859 e. The van der Waals surface area contributed by atoms with Gasteiger partial charge in [-0.05, 0) is 13.3 Å². The monoisotopic (exact) mass is 282 g/mol. The zero-order valence-corrected chi connectivity index (χ0v) is 7.76. The molecule has 1 heteroatoms. The topological polar surface area (TPSA) is 0 Å². The van der Waals surface area contributed by atoms with Crippen LogP contribution < -0.4 is 0 Å². The summed E-state index contributed by atoms with van der Waals surface area (Å²) in [5.74, 6) is 5.77. The quantitative estimate of drug-likeness (QED) is 0.648. The van der Waals surface area contributed by atoms with Crippen LogP contribution in [0.15, 0.2) is 0 Å². The molecule has 0 rings (SSSR count). The van der Waals surface area contributed by atoms with Gasteiger partial charge in [0.05, 0.1) is 0 Å². The second-order valence-corrected chi connectivity index (χ2v) is 1.18. The number of rotatable bonds is 1. The Hall–Kier alpha value is 0.248. The molecule has 0 nitrogen and oxygen atoms in total. The van der Waals surface area contributed by atoms with Gasteiger partial charge in [0.2, 0.25) is 0 Å². The molecule has 0 fully saturated rings. The molecule has 0 saturated carbocycles. The molecule has 0 aromatic heterocycles. The van der Waals surface area contributed by atoms with Crippen molar-refractivity contribution in [1.82, 2.24) is 0 Å². The van der Waals surface area contributed by atoms with E-state index in [9.17, 15) is 0 Å².